The molecule has 6 heteroatoms. The van der Waals surface area contributed by atoms with Crippen molar-refractivity contribution in [2.75, 3.05) is 11.9 Å². The lowest BCUT2D eigenvalue weighted by Crippen LogP contribution is -2.03. The van der Waals surface area contributed by atoms with Gasteiger partial charge in [-0.25, -0.2) is 0 Å². The molecule has 112 valence electrons. The largest absolute Gasteiger partial charge is 0.504 e. The average molecular weight is 373 g/mol. The first-order valence-electron chi connectivity index (χ1n) is 6.37. The monoisotopic (exact) mass is 371 g/mol. The van der Waals surface area contributed by atoms with Crippen LogP contribution in [0.25, 0.3) is 0 Å². The topological polar surface area (TPSA) is 61.7 Å². The Morgan fingerprint density at radius 1 is 1.19 bits per heavy atom. The van der Waals surface area contributed by atoms with Crippen LogP contribution in [0.4, 0.5) is 5.69 Å². The molecule has 0 unspecified atom stereocenters. The molecule has 0 radical (unpaired) electrons. The highest BCUT2D eigenvalue weighted by Crippen LogP contribution is 2.37. The van der Waals surface area contributed by atoms with Crippen LogP contribution in [0.2, 0.25) is 5.02 Å². The van der Waals surface area contributed by atoms with Crippen LogP contribution in [0.1, 0.15) is 12.5 Å². The van der Waals surface area contributed by atoms with E-state index in [0.29, 0.717) is 23.9 Å². The van der Waals surface area contributed by atoms with E-state index in [9.17, 15) is 10.2 Å². The van der Waals surface area contributed by atoms with Crippen LogP contribution in [0.3, 0.4) is 0 Å². The van der Waals surface area contributed by atoms with Crippen LogP contribution in [0.15, 0.2) is 34.8 Å². The fourth-order valence-electron chi connectivity index (χ4n) is 1.86. The third-order valence-corrected chi connectivity index (χ3v) is 3.63. The molecule has 0 aliphatic rings. The molecule has 3 N–H and O–H groups in total. The highest BCUT2D eigenvalue weighted by atomic mass is 79.9. The quantitative estimate of drug-likeness (QED) is 0.675. The lowest BCUT2D eigenvalue weighted by Gasteiger charge is -2.15. The van der Waals surface area contributed by atoms with E-state index in [1.54, 1.807) is 18.2 Å². The summed E-state index contributed by atoms with van der Waals surface area (Å²) in [5.74, 6) is 0.399. The number of ether oxygens (including phenoxy) is 1. The zero-order valence-corrected chi connectivity index (χ0v) is 13.7. The van der Waals surface area contributed by atoms with Crippen molar-refractivity contribution in [1.82, 2.24) is 0 Å². The van der Waals surface area contributed by atoms with Crippen molar-refractivity contribution in [3.05, 3.63) is 45.4 Å². The Morgan fingerprint density at radius 2 is 1.95 bits per heavy atom. The van der Waals surface area contributed by atoms with Gasteiger partial charge in [-0.1, -0.05) is 17.7 Å². The summed E-state index contributed by atoms with van der Waals surface area (Å²) < 4.78 is 6.37. The van der Waals surface area contributed by atoms with Crippen molar-refractivity contribution in [2.24, 2.45) is 0 Å². The van der Waals surface area contributed by atoms with Gasteiger partial charge < -0.3 is 20.3 Å². The molecule has 4 nitrogen and oxygen atoms in total. The van der Waals surface area contributed by atoms with Gasteiger partial charge in [0, 0.05) is 11.6 Å². The number of phenols is 2. The molecule has 2 rings (SSSR count). The summed E-state index contributed by atoms with van der Waals surface area (Å²) >= 11 is 9.48. The van der Waals surface area contributed by atoms with Crippen LogP contribution in [-0.2, 0) is 6.54 Å². The first-order chi connectivity index (χ1) is 10.0. The minimum Gasteiger partial charge on any atom is -0.504 e. The molecule has 0 saturated carbocycles. The van der Waals surface area contributed by atoms with Crippen LogP contribution in [0, 0.1) is 0 Å². The van der Waals surface area contributed by atoms with Crippen LogP contribution < -0.4 is 10.1 Å². The molecule has 0 bridgehead atoms. The van der Waals surface area contributed by atoms with Gasteiger partial charge in [0.15, 0.2) is 17.2 Å². The molecule has 0 saturated heterocycles. The van der Waals surface area contributed by atoms with Crippen molar-refractivity contribution in [1.29, 1.82) is 0 Å². The maximum Gasteiger partial charge on any atom is 0.157 e. The zero-order chi connectivity index (χ0) is 15.4. The molecule has 0 fully saturated rings. The Bertz CT molecular complexity index is 649. The molecule has 0 amide bonds. The number of benzene rings is 2. The van der Waals surface area contributed by atoms with Gasteiger partial charge >= 0.3 is 0 Å². The standard InChI is InChI=1S/C15H15BrClNO3/c1-2-21-15-11(16)6-10(17)7-12(15)18-8-9-3-4-13(19)14(20)5-9/h3-7,18-20H,2,8H2,1H3. The van der Waals surface area contributed by atoms with E-state index in [1.807, 2.05) is 6.92 Å². The molecule has 0 spiro atoms. The van der Waals surface area contributed by atoms with Gasteiger partial charge in [-0.2, -0.15) is 0 Å². The average Bonchev–Trinajstić information content (AvgIpc) is 2.43. The van der Waals surface area contributed by atoms with E-state index < -0.39 is 0 Å². The second-order valence-electron chi connectivity index (χ2n) is 4.37. The summed E-state index contributed by atoms with van der Waals surface area (Å²) in [6.45, 7) is 2.90. The molecule has 0 aromatic heterocycles. The van der Waals surface area contributed by atoms with Crippen molar-refractivity contribution in [2.45, 2.75) is 13.5 Å². The fraction of sp³-hybridized carbons (Fsp3) is 0.200. The molecule has 0 heterocycles. The Balaban J connectivity index is 2.20. The number of anilines is 1. The molecule has 21 heavy (non-hydrogen) atoms. The predicted octanol–water partition coefficient (Wildman–Crippen LogP) is 4.52. The Labute approximate surface area is 136 Å². The summed E-state index contributed by atoms with van der Waals surface area (Å²) in [6, 6.07) is 8.22. The van der Waals surface area contributed by atoms with Gasteiger partial charge in [0.1, 0.15) is 0 Å². The second-order valence-corrected chi connectivity index (χ2v) is 5.66. The van der Waals surface area contributed by atoms with E-state index >= 15 is 0 Å². The normalized spacial score (nSPS) is 10.4. The third-order valence-electron chi connectivity index (χ3n) is 2.82. The fourth-order valence-corrected chi connectivity index (χ4v) is 2.78. The molecule has 0 aliphatic carbocycles. The predicted molar refractivity (Wildman–Crippen MR) is 87.4 cm³/mol. The number of hydrogen-bond donors (Lipinski definition) is 3. The van der Waals surface area contributed by atoms with Gasteiger partial charge in [0.2, 0.25) is 0 Å². The van der Waals surface area contributed by atoms with Gasteiger partial charge in [-0.05, 0) is 52.7 Å². The highest BCUT2D eigenvalue weighted by molar-refractivity contribution is 9.10. The van der Waals surface area contributed by atoms with E-state index in [2.05, 4.69) is 21.2 Å². The van der Waals surface area contributed by atoms with Gasteiger partial charge in [-0.3, -0.25) is 0 Å². The summed E-state index contributed by atoms with van der Waals surface area (Å²) in [6.07, 6.45) is 0. The lowest BCUT2D eigenvalue weighted by molar-refractivity contribution is 0.339. The molecule has 0 atom stereocenters. The number of aromatic hydroxyl groups is 2. The Kier molecular flexibility index (Phi) is 5.20. The molecular weight excluding hydrogens is 358 g/mol. The molecule has 0 aliphatic heterocycles. The lowest BCUT2D eigenvalue weighted by atomic mass is 10.2. The Morgan fingerprint density at radius 3 is 2.62 bits per heavy atom. The van der Waals surface area contributed by atoms with Gasteiger partial charge in [0.05, 0.1) is 16.8 Å². The minimum atomic E-state index is -0.147. The first-order valence-corrected chi connectivity index (χ1v) is 7.55. The van der Waals surface area contributed by atoms with E-state index in [0.717, 1.165) is 15.7 Å². The van der Waals surface area contributed by atoms with Gasteiger partial charge in [0.25, 0.3) is 0 Å². The number of nitrogens with one attached hydrogen (secondary N) is 1. The van der Waals surface area contributed by atoms with E-state index in [4.69, 9.17) is 16.3 Å². The Hall–Kier alpha value is -1.59. The van der Waals surface area contributed by atoms with Crippen molar-refractivity contribution < 1.29 is 14.9 Å². The molecular formula is C15H15BrClNO3. The molecule has 2 aromatic rings. The van der Waals surface area contributed by atoms with Crippen LogP contribution in [-0.4, -0.2) is 16.8 Å². The van der Waals surface area contributed by atoms with E-state index in [1.165, 1.54) is 12.1 Å². The third kappa shape index (κ3) is 3.95. The van der Waals surface area contributed by atoms with Crippen LogP contribution in [0.5, 0.6) is 17.2 Å². The van der Waals surface area contributed by atoms with Crippen molar-refractivity contribution in [3.8, 4) is 17.2 Å². The summed E-state index contributed by atoms with van der Waals surface area (Å²) in [4.78, 5) is 0. The van der Waals surface area contributed by atoms with E-state index in [-0.39, 0.29) is 11.5 Å². The maximum atomic E-state index is 9.49. The molecule has 2 aromatic carbocycles. The minimum absolute atomic E-state index is 0.140. The smallest absolute Gasteiger partial charge is 0.157 e. The van der Waals surface area contributed by atoms with Crippen LogP contribution >= 0.6 is 27.5 Å². The summed E-state index contributed by atoms with van der Waals surface area (Å²) in [5, 5.41) is 22.6. The van der Waals surface area contributed by atoms with Gasteiger partial charge in [-0.15, -0.1) is 0 Å². The highest BCUT2D eigenvalue weighted by Gasteiger charge is 2.10. The maximum absolute atomic E-state index is 9.49. The number of rotatable bonds is 5. The SMILES string of the molecule is CCOc1c(Br)cc(Cl)cc1NCc1ccc(O)c(O)c1. The number of phenolic OH excluding ortho intramolecular Hbond substituents is 2. The summed E-state index contributed by atoms with van der Waals surface area (Å²) in [5.41, 5.74) is 1.58. The summed E-state index contributed by atoms with van der Waals surface area (Å²) in [7, 11) is 0. The van der Waals surface area contributed by atoms with Crippen molar-refractivity contribution in [3.63, 3.8) is 0 Å². The first kappa shape index (κ1) is 15.8. The van der Waals surface area contributed by atoms with Crippen molar-refractivity contribution >= 4 is 33.2 Å². The zero-order valence-electron chi connectivity index (χ0n) is 11.4. The number of halogens is 2. The number of hydrogen-bond acceptors (Lipinski definition) is 4. The second kappa shape index (κ2) is 6.91.